The molecule has 2 aliphatic rings. The molecular formula is C25H21F2N3O4S. The number of aromatic hydroxyl groups is 1. The van der Waals surface area contributed by atoms with Crippen LogP contribution in [0.15, 0.2) is 59.5 Å². The Morgan fingerprint density at radius 3 is 2.66 bits per heavy atom. The van der Waals surface area contributed by atoms with Gasteiger partial charge in [-0.1, -0.05) is 36.4 Å². The van der Waals surface area contributed by atoms with E-state index >= 15 is 0 Å². The number of amides is 2. The van der Waals surface area contributed by atoms with E-state index in [4.69, 9.17) is 0 Å². The van der Waals surface area contributed by atoms with Crippen LogP contribution in [0, 0.1) is 11.6 Å². The lowest BCUT2D eigenvalue weighted by molar-refractivity contribution is 0.0654. The molecule has 1 aromatic heterocycles. The molecule has 2 N–H and O–H groups in total. The van der Waals surface area contributed by atoms with Crippen LogP contribution in [-0.2, 0) is 13.1 Å². The van der Waals surface area contributed by atoms with E-state index in [9.17, 15) is 28.3 Å². The van der Waals surface area contributed by atoms with Crippen molar-refractivity contribution in [2.45, 2.75) is 30.1 Å². The highest BCUT2D eigenvalue weighted by atomic mass is 32.2. The van der Waals surface area contributed by atoms with Gasteiger partial charge in [0.05, 0.1) is 11.9 Å². The number of pyridine rings is 1. The largest absolute Gasteiger partial charge is 0.503 e. The van der Waals surface area contributed by atoms with Crippen LogP contribution in [0.4, 0.5) is 8.78 Å². The molecule has 1 saturated heterocycles. The quantitative estimate of drug-likeness (QED) is 0.577. The Bertz CT molecular complexity index is 1380. The zero-order chi connectivity index (χ0) is 24.7. The summed E-state index contributed by atoms with van der Waals surface area (Å²) in [4.78, 5) is 40.2. The minimum atomic E-state index is -0.980. The summed E-state index contributed by atoms with van der Waals surface area (Å²) in [5, 5.41) is 12.9. The molecule has 2 aromatic carbocycles. The first-order valence-corrected chi connectivity index (χ1v) is 12.0. The maximum Gasteiger partial charge on any atom is 0.275 e. The van der Waals surface area contributed by atoms with Crippen LogP contribution in [0.25, 0.3) is 0 Å². The second-order valence-corrected chi connectivity index (χ2v) is 9.80. The van der Waals surface area contributed by atoms with Crippen LogP contribution < -0.4 is 10.7 Å². The first kappa shape index (κ1) is 23.1. The van der Waals surface area contributed by atoms with Crippen LogP contribution in [0.5, 0.6) is 5.75 Å². The molecule has 2 atom stereocenters. The topological polar surface area (TPSA) is 91.6 Å². The number of nitrogens with zero attached hydrogens (tertiary/aromatic N) is 2. The third kappa shape index (κ3) is 4.29. The van der Waals surface area contributed by atoms with E-state index in [-0.39, 0.29) is 40.5 Å². The van der Waals surface area contributed by atoms with E-state index < -0.39 is 34.6 Å². The van der Waals surface area contributed by atoms with Crippen LogP contribution in [-0.4, -0.2) is 38.3 Å². The van der Waals surface area contributed by atoms with Gasteiger partial charge in [-0.15, -0.1) is 11.8 Å². The highest BCUT2D eigenvalue weighted by Crippen LogP contribution is 2.43. The van der Waals surface area contributed by atoms with Gasteiger partial charge in [-0.2, -0.15) is 0 Å². The molecule has 0 aliphatic carbocycles. The fourth-order valence-electron chi connectivity index (χ4n) is 4.44. The predicted octanol–water partition coefficient (Wildman–Crippen LogP) is 3.42. The Balaban J connectivity index is 1.40. The van der Waals surface area contributed by atoms with Crippen LogP contribution in [0.1, 0.15) is 43.6 Å². The predicted molar refractivity (Wildman–Crippen MR) is 126 cm³/mol. The molecule has 0 bridgehead atoms. The van der Waals surface area contributed by atoms with Crippen LogP contribution >= 0.6 is 11.8 Å². The summed E-state index contributed by atoms with van der Waals surface area (Å²) < 4.78 is 28.4. The van der Waals surface area contributed by atoms with Crippen molar-refractivity contribution >= 4 is 23.6 Å². The van der Waals surface area contributed by atoms with Gasteiger partial charge >= 0.3 is 0 Å². The molecule has 1 fully saturated rings. The Hall–Kier alpha value is -3.66. The van der Waals surface area contributed by atoms with Crippen molar-refractivity contribution in [2.75, 3.05) is 6.54 Å². The van der Waals surface area contributed by atoms with E-state index in [0.29, 0.717) is 12.6 Å². The molecule has 2 unspecified atom stereocenters. The number of hydrogen-bond donors (Lipinski definition) is 2. The number of benzene rings is 2. The Labute approximate surface area is 203 Å². The fourth-order valence-corrected chi connectivity index (χ4v) is 5.97. The zero-order valence-electron chi connectivity index (χ0n) is 18.4. The van der Waals surface area contributed by atoms with E-state index in [1.807, 2.05) is 30.3 Å². The van der Waals surface area contributed by atoms with Crippen molar-refractivity contribution in [2.24, 2.45) is 0 Å². The van der Waals surface area contributed by atoms with Crippen molar-refractivity contribution in [1.82, 2.24) is 14.8 Å². The first-order valence-electron chi connectivity index (χ1n) is 11.0. The smallest absolute Gasteiger partial charge is 0.275 e. The van der Waals surface area contributed by atoms with Crippen molar-refractivity contribution in [3.05, 3.63) is 99.0 Å². The number of aromatic nitrogens is 1. The third-order valence-corrected chi connectivity index (χ3v) is 7.80. The summed E-state index contributed by atoms with van der Waals surface area (Å²) in [5.74, 6) is -3.66. The fraction of sp³-hybridized carbons (Fsp3) is 0.240. The number of carbonyl (C=O) groups excluding carboxylic acids is 2. The van der Waals surface area contributed by atoms with Gasteiger partial charge < -0.3 is 19.9 Å². The molecule has 0 radical (unpaired) electrons. The average Bonchev–Trinajstić information content (AvgIpc) is 2.85. The third-order valence-electron chi connectivity index (χ3n) is 6.24. The highest BCUT2D eigenvalue weighted by molar-refractivity contribution is 8.00. The van der Waals surface area contributed by atoms with Gasteiger partial charge in [0.1, 0.15) is 17.2 Å². The maximum atomic E-state index is 13.9. The summed E-state index contributed by atoms with van der Waals surface area (Å²) in [6.45, 7) is 0.488. The lowest BCUT2D eigenvalue weighted by Crippen LogP contribution is -2.50. The van der Waals surface area contributed by atoms with Crippen LogP contribution in [0.3, 0.4) is 0 Å². The van der Waals surface area contributed by atoms with Crippen molar-refractivity contribution in [3.8, 4) is 5.75 Å². The molecule has 0 spiro atoms. The molecule has 0 saturated carbocycles. The molecular weight excluding hydrogens is 476 g/mol. The minimum Gasteiger partial charge on any atom is -0.503 e. The Morgan fingerprint density at radius 2 is 1.91 bits per heavy atom. The molecule has 2 aliphatic heterocycles. The number of fused-ring (bicyclic) bond motifs is 2. The summed E-state index contributed by atoms with van der Waals surface area (Å²) in [6, 6.07) is 12.9. The second-order valence-electron chi connectivity index (χ2n) is 8.42. The van der Waals surface area contributed by atoms with Crippen LogP contribution in [0.2, 0.25) is 0 Å². The number of rotatable bonds is 4. The Morgan fingerprint density at radius 1 is 1.14 bits per heavy atom. The standard InChI is InChI=1S/C25H21F2N3O4S/c26-16-7-6-15(18(27)10-16)11-28-24(33)17-12-29-13-20-30(25(34)21(29)23(32)22(17)31)9-8-19(35-20)14-4-2-1-3-5-14/h1-7,10,12,19-20,32H,8-9,11,13H2,(H,28,33). The van der Waals surface area contributed by atoms with Gasteiger partial charge in [-0.25, -0.2) is 8.78 Å². The van der Waals surface area contributed by atoms with Gasteiger partial charge in [-0.05, 0) is 18.1 Å². The van der Waals surface area contributed by atoms with E-state index in [2.05, 4.69) is 5.32 Å². The summed E-state index contributed by atoms with van der Waals surface area (Å²) >= 11 is 1.62. The number of thioether (sulfide) groups is 1. The maximum absolute atomic E-state index is 13.9. The van der Waals surface area contributed by atoms with E-state index in [0.717, 1.165) is 18.1 Å². The van der Waals surface area contributed by atoms with Gasteiger partial charge in [0.2, 0.25) is 5.43 Å². The molecule has 3 aromatic rings. The summed E-state index contributed by atoms with van der Waals surface area (Å²) in [6.07, 6.45) is 2.00. The Kier molecular flexibility index (Phi) is 6.06. The van der Waals surface area contributed by atoms with E-state index in [1.165, 1.54) is 16.8 Å². The van der Waals surface area contributed by atoms with E-state index in [1.54, 1.807) is 16.7 Å². The monoisotopic (exact) mass is 497 g/mol. The molecule has 180 valence electrons. The number of hydrogen-bond acceptors (Lipinski definition) is 5. The van der Waals surface area contributed by atoms with Crippen molar-refractivity contribution < 1.29 is 23.5 Å². The average molecular weight is 498 g/mol. The molecule has 2 amide bonds. The summed E-state index contributed by atoms with van der Waals surface area (Å²) in [5.41, 5.74) is -0.293. The van der Waals surface area contributed by atoms with Gasteiger partial charge in [0.25, 0.3) is 11.8 Å². The second kappa shape index (κ2) is 9.18. The molecule has 35 heavy (non-hydrogen) atoms. The SMILES string of the molecule is O=C(NCc1ccc(F)cc1F)c1cn2c(c(O)c1=O)C(=O)N1CCC(c3ccccc3)SC1C2. The van der Waals surface area contributed by atoms with Gasteiger partial charge in [0.15, 0.2) is 11.4 Å². The zero-order valence-corrected chi connectivity index (χ0v) is 19.2. The molecule has 3 heterocycles. The first-order chi connectivity index (χ1) is 16.8. The highest BCUT2D eigenvalue weighted by Gasteiger charge is 2.40. The van der Waals surface area contributed by atoms with Gasteiger partial charge in [-0.3, -0.25) is 14.4 Å². The number of nitrogens with one attached hydrogen (secondary N) is 1. The number of carbonyl (C=O) groups is 2. The van der Waals surface area contributed by atoms with Crippen molar-refractivity contribution in [1.29, 1.82) is 0 Å². The lowest BCUT2D eigenvalue weighted by Gasteiger charge is -2.43. The number of halogens is 2. The molecule has 10 heteroatoms. The lowest BCUT2D eigenvalue weighted by atomic mass is 10.1. The molecule has 5 rings (SSSR count). The molecule has 7 nitrogen and oxygen atoms in total. The normalized spacial score (nSPS) is 19.1. The summed E-state index contributed by atoms with van der Waals surface area (Å²) in [7, 11) is 0. The van der Waals surface area contributed by atoms with Crippen molar-refractivity contribution in [3.63, 3.8) is 0 Å². The van der Waals surface area contributed by atoms with Gasteiger partial charge in [0, 0.05) is 36.2 Å². The minimum absolute atomic E-state index is 0.0402.